The molecule has 5 heteroatoms. The molecule has 0 spiro atoms. The molecular formula is C25H23NO4. The van der Waals surface area contributed by atoms with E-state index in [-0.39, 0.29) is 13.2 Å². The molecule has 0 saturated heterocycles. The van der Waals surface area contributed by atoms with Gasteiger partial charge in [-0.3, -0.25) is 0 Å². The van der Waals surface area contributed by atoms with Crippen molar-refractivity contribution in [3.63, 3.8) is 0 Å². The summed E-state index contributed by atoms with van der Waals surface area (Å²) in [5, 5.41) is 2.92. The molecule has 1 amide bonds. The topological polar surface area (TPSA) is 56.8 Å². The van der Waals surface area contributed by atoms with Gasteiger partial charge in [-0.05, 0) is 16.7 Å². The fraction of sp³-hybridized carbons (Fsp3) is 0.160. The van der Waals surface area contributed by atoms with Crippen LogP contribution in [0.2, 0.25) is 0 Å². The smallest absolute Gasteiger partial charge is 0.407 e. The lowest BCUT2D eigenvalue weighted by molar-refractivity contribution is -0.0696. The third-order valence-corrected chi connectivity index (χ3v) is 5.16. The molecule has 0 fully saturated rings. The van der Waals surface area contributed by atoms with Crippen LogP contribution in [0.25, 0.3) is 0 Å². The highest BCUT2D eigenvalue weighted by molar-refractivity contribution is 5.67. The largest absolute Gasteiger partial charge is 0.458 e. The minimum atomic E-state index is -0.766. The Kier molecular flexibility index (Phi) is 5.99. The number of alkyl carbamates (subject to hydrolysis) is 1. The molecule has 0 atom stereocenters. The quantitative estimate of drug-likeness (QED) is 0.621. The number of hydrogen-bond donors (Lipinski definition) is 1. The molecule has 0 unspecified atom stereocenters. The van der Waals surface area contributed by atoms with Crippen molar-refractivity contribution >= 4 is 6.09 Å². The van der Waals surface area contributed by atoms with Crippen LogP contribution in [0.5, 0.6) is 0 Å². The Morgan fingerprint density at radius 3 is 1.83 bits per heavy atom. The zero-order valence-electron chi connectivity index (χ0n) is 16.4. The lowest BCUT2D eigenvalue weighted by Crippen LogP contribution is -2.50. The van der Waals surface area contributed by atoms with E-state index in [1.165, 1.54) is 12.5 Å². The molecule has 152 valence electrons. The molecule has 0 aromatic heterocycles. The Labute approximate surface area is 175 Å². The first kappa shape index (κ1) is 19.6. The minimum absolute atomic E-state index is 0.203. The number of ether oxygens (including phenoxy) is 3. The van der Waals surface area contributed by atoms with E-state index < -0.39 is 17.8 Å². The second-order valence-corrected chi connectivity index (χ2v) is 6.99. The van der Waals surface area contributed by atoms with Crippen molar-refractivity contribution in [2.45, 2.75) is 18.3 Å². The number of hydrogen-bond acceptors (Lipinski definition) is 4. The lowest BCUT2D eigenvalue weighted by atomic mass is 9.73. The number of amides is 1. The summed E-state index contributed by atoms with van der Waals surface area (Å²) in [4.78, 5) is 12.5. The number of carbonyl (C=O) groups excluding carboxylic acids is 1. The van der Waals surface area contributed by atoms with Crippen LogP contribution in [0.4, 0.5) is 4.79 Å². The van der Waals surface area contributed by atoms with Crippen LogP contribution in [0.3, 0.4) is 0 Å². The van der Waals surface area contributed by atoms with Gasteiger partial charge in [0.15, 0.2) is 0 Å². The maximum atomic E-state index is 12.5. The average Bonchev–Trinajstić information content (AvgIpc) is 3.36. The van der Waals surface area contributed by atoms with Crippen molar-refractivity contribution in [3.05, 3.63) is 120 Å². The first-order chi connectivity index (χ1) is 14.8. The van der Waals surface area contributed by atoms with Crippen LogP contribution in [-0.2, 0) is 26.2 Å². The van der Waals surface area contributed by atoms with Crippen LogP contribution in [-0.4, -0.2) is 18.9 Å². The van der Waals surface area contributed by atoms with Crippen molar-refractivity contribution in [2.75, 3.05) is 6.54 Å². The Hall–Kier alpha value is -3.73. The van der Waals surface area contributed by atoms with Crippen molar-refractivity contribution in [1.29, 1.82) is 0 Å². The molecule has 0 saturated carbocycles. The van der Waals surface area contributed by atoms with E-state index in [0.29, 0.717) is 0 Å². The van der Waals surface area contributed by atoms with E-state index >= 15 is 0 Å². The summed E-state index contributed by atoms with van der Waals surface area (Å²) in [5.74, 6) is 0. The fourth-order valence-corrected chi connectivity index (χ4v) is 3.65. The summed E-state index contributed by atoms with van der Waals surface area (Å²) in [6, 6.07) is 29.4. The van der Waals surface area contributed by atoms with Gasteiger partial charge in [0.1, 0.15) is 24.5 Å². The van der Waals surface area contributed by atoms with Crippen LogP contribution in [0.1, 0.15) is 16.7 Å². The standard InChI is InChI=1S/C25H23NO4/c27-24(30-18-20-10-4-1-5-11-20)26-19-25(23-28-16-17-29-23,21-12-6-2-7-13-21)22-14-8-3-9-15-22/h1-17,23H,18-19H2,(H,26,27). The van der Waals surface area contributed by atoms with E-state index in [9.17, 15) is 4.79 Å². The highest BCUT2D eigenvalue weighted by Crippen LogP contribution is 2.39. The number of nitrogens with one attached hydrogen (secondary N) is 1. The van der Waals surface area contributed by atoms with Crippen molar-refractivity contribution in [1.82, 2.24) is 5.32 Å². The number of carbonyl (C=O) groups is 1. The molecule has 4 rings (SSSR count). The Morgan fingerprint density at radius 2 is 1.30 bits per heavy atom. The minimum Gasteiger partial charge on any atom is -0.458 e. The summed E-state index contributed by atoms with van der Waals surface area (Å²) in [6.07, 6.45) is 1.93. The summed E-state index contributed by atoms with van der Waals surface area (Å²) in [7, 11) is 0. The van der Waals surface area contributed by atoms with Gasteiger partial charge in [-0.2, -0.15) is 0 Å². The van der Waals surface area contributed by atoms with Gasteiger partial charge in [-0.25, -0.2) is 4.79 Å². The Bertz CT molecular complexity index is 926. The van der Waals surface area contributed by atoms with Crippen LogP contribution in [0.15, 0.2) is 104 Å². The molecule has 0 bridgehead atoms. The van der Waals surface area contributed by atoms with Crippen molar-refractivity contribution in [3.8, 4) is 0 Å². The maximum Gasteiger partial charge on any atom is 0.407 e. The third kappa shape index (κ3) is 4.15. The molecule has 1 aliphatic heterocycles. The molecule has 1 aliphatic rings. The van der Waals surface area contributed by atoms with E-state index in [2.05, 4.69) is 5.32 Å². The predicted molar refractivity (Wildman–Crippen MR) is 113 cm³/mol. The number of benzene rings is 3. The van der Waals surface area contributed by atoms with Crippen LogP contribution >= 0.6 is 0 Å². The van der Waals surface area contributed by atoms with Gasteiger partial charge in [-0.15, -0.1) is 0 Å². The average molecular weight is 401 g/mol. The van der Waals surface area contributed by atoms with Gasteiger partial charge in [0, 0.05) is 6.54 Å². The van der Waals surface area contributed by atoms with Crippen molar-refractivity contribution in [2.24, 2.45) is 0 Å². The molecule has 0 radical (unpaired) electrons. The molecule has 1 N–H and O–H groups in total. The van der Waals surface area contributed by atoms with Crippen LogP contribution in [0, 0.1) is 0 Å². The monoisotopic (exact) mass is 401 g/mol. The maximum absolute atomic E-state index is 12.5. The fourth-order valence-electron chi connectivity index (χ4n) is 3.65. The SMILES string of the molecule is O=C(NCC(c1ccccc1)(c1ccccc1)C1OC=CO1)OCc1ccccc1. The predicted octanol–water partition coefficient (Wildman–Crippen LogP) is 4.74. The van der Waals surface area contributed by atoms with E-state index in [1.54, 1.807) is 0 Å². The molecule has 3 aromatic rings. The Morgan fingerprint density at radius 1 is 0.800 bits per heavy atom. The van der Waals surface area contributed by atoms with E-state index in [0.717, 1.165) is 16.7 Å². The molecule has 30 heavy (non-hydrogen) atoms. The molecular weight excluding hydrogens is 378 g/mol. The lowest BCUT2D eigenvalue weighted by Gasteiger charge is -2.38. The van der Waals surface area contributed by atoms with E-state index in [4.69, 9.17) is 14.2 Å². The van der Waals surface area contributed by atoms with E-state index in [1.807, 2.05) is 91.0 Å². The first-order valence-corrected chi connectivity index (χ1v) is 9.80. The van der Waals surface area contributed by atoms with Crippen molar-refractivity contribution < 1.29 is 19.0 Å². The second-order valence-electron chi connectivity index (χ2n) is 6.99. The molecule has 0 aliphatic carbocycles. The Balaban J connectivity index is 1.59. The normalized spacial score (nSPS) is 13.3. The second kappa shape index (κ2) is 9.18. The zero-order chi connectivity index (χ0) is 20.7. The van der Waals surface area contributed by atoms with Gasteiger partial charge < -0.3 is 19.5 Å². The number of rotatable bonds is 7. The molecule has 1 heterocycles. The summed E-state index contributed by atoms with van der Waals surface area (Å²) < 4.78 is 17.0. The first-order valence-electron chi connectivity index (χ1n) is 9.80. The van der Waals surface area contributed by atoms with Gasteiger partial charge in [0.25, 0.3) is 6.29 Å². The zero-order valence-corrected chi connectivity index (χ0v) is 16.4. The summed E-state index contributed by atoms with van der Waals surface area (Å²) in [5.41, 5.74) is 2.09. The summed E-state index contributed by atoms with van der Waals surface area (Å²) in [6.45, 7) is 0.440. The van der Waals surface area contributed by atoms with Gasteiger partial charge in [0.05, 0.1) is 0 Å². The van der Waals surface area contributed by atoms with Gasteiger partial charge in [-0.1, -0.05) is 91.0 Å². The highest BCUT2D eigenvalue weighted by atomic mass is 16.7. The third-order valence-electron chi connectivity index (χ3n) is 5.16. The van der Waals surface area contributed by atoms with Gasteiger partial charge in [0.2, 0.25) is 0 Å². The highest BCUT2D eigenvalue weighted by Gasteiger charge is 2.46. The molecule has 3 aromatic carbocycles. The van der Waals surface area contributed by atoms with Gasteiger partial charge >= 0.3 is 6.09 Å². The summed E-state index contributed by atoms with van der Waals surface area (Å²) >= 11 is 0. The van der Waals surface area contributed by atoms with Crippen LogP contribution < -0.4 is 5.32 Å². The molecule has 5 nitrogen and oxygen atoms in total.